The number of rotatable bonds is 4. The van der Waals surface area contributed by atoms with Crippen molar-refractivity contribution < 1.29 is 18.7 Å². The molecule has 0 saturated carbocycles. The Morgan fingerprint density at radius 2 is 2.25 bits per heavy atom. The summed E-state index contributed by atoms with van der Waals surface area (Å²) in [4.78, 5) is 16.1. The number of hydrogen-bond acceptors (Lipinski definition) is 4. The molecule has 24 heavy (non-hydrogen) atoms. The molecule has 0 saturated heterocycles. The highest BCUT2D eigenvalue weighted by Crippen LogP contribution is 2.29. The van der Waals surface area contributed by atoms with Crippen LogP contribution in [0.5, 0.6) is 5.75 Å². The maximum atomic E-state index is 13.7. The van der Waals surface area contributed by atoms with E-state index in [9.17, 15) is 9.18 Å². The van der Waals surface area contributed by atoms with E-state index in [0.29, 0.717) is 40.9 Å². The van der Waals surface area contributed by atoms with Gasteiger partial charge >= 0.3 is 0 Å². The van der Waals surface area contributed by atoms with E-state index in [4.69, 9.17) is 21.1 Å². The molecule has 0 bridgehead atoms. The molecule has 0 unspecified atom stereocenters. The summed E-state index contributed by atoms with van der Waals surface area (Å²) in [6, 6.07) is 4.39. The molecule has 1 aliphatic heterocycles. The van der Waals surface area contributed by atoms with Crippen molar-refractivity contribution in [3.05, 3.63) is 56.5 Å². The van der Waals surface area contributed by atoms with Crippen molar-refractivity contribution in [3.63, 3.8) is 0 Å². The Balaban J connectivity index is 1.67. The average molecular weight is 416 g/mol. The van der Waals surface area contributed by atoms with Gasteiger partial charge in [0.05, 0.1) is 12.2 Å². The van der Waals surface area contributed by atoms with Gasteiger partial charge in [-0.05, 0) is 46.1 Å². The first-order valence-electron chi connectivity index (χ1n) is 7.15. The Morgan fingerprint density at radius 3 is 3.08 bits per heavy atom. The van der Waals surface area contributed by atoms with Crippen molar-refractivity contribution in [2.45, 2.75) is 13.0 Å². The van der Waals surface area contributed by atoms with Crippen LogP contribution in [0.1, 0.15) is 21.5 Å². The molecule has 0 atom stereocenters. The lowest BCUT2D eigenvalue weighted by Crippen LogP contribution is -2.26. The quantitative estimate of drug-likeness (QED) is 0.777. The summed E-state index contributed by atoms with van der Waals surface area (Å²) < 4.78 is 24.9. The maximum Gasteiger partial charge on any atom is 0.254 e. The fourth-order valence-electron chi connectivity index (χ4n) is 2.43. The number of fused-ring (bicyclic) bond motifs is 1. The number of halogens is 3. The average Bonchev–Trinajstić information content (AvgIpc) is 2.56. The molecule has 0 spiro atoms. The van der Waals surface area contributed by atoms with Crippen LogP contribution in [0.4, 0.5) is 4.39 Å². The van der Waals surface area contributed by atoms with Crippen molar-refractivity contribution in [1.29, 1.82) is 0 Å². The van der Waals surface area contributed by atoms with Crippen LogP contribution in [0.25, 0.3) is 0 Å². The van der Waals surface area contributed by atoms with E-state index in [1.165, 1.54) is 18.3 Å². The minimum absolute atomic E-state index is 0.124. The zero-order valence-electron chi connectivity index (χ0n) is 12.4. The Bertz CT molecular complexity index is 788. The third kappa shape index (κ3) is 3.85. The second-order valence-electron chi connectivity index (χ2n) is 5.16. The van der Waals surface area contributed by atoms with Gasteiger partial charge in [-0.15, -0.1) is 0 Å². The van der Waals surface area contributed by atoms with Crippen molar-refractivity contribution in [2.24, 2.45) is 0 Å². The van der Waals surface area contributed by atoms with Crippen LogP contribution in [-0.2, 0) is 17.8 Å². The van der Waals surface area contributed by atoms with Gasteiger partial charge in [-0.1, -0.05) is 11.6 Å². The predicted octanol–water partition coefficient (Wildman–Crippen LogP) is 3.48. The highest BCUT2D eigenvalue weighted by molar-refractivity contribution is 9.10. The molecule has 1 amide bonds. The first kappa shape index (κ1) is 17.1. The minimum Gasteiger partial charge on any atom is -0.467 e. The van der Waals surface area contributed by atoms with Crippen molar-refractivity contribution >= 4 is 33.4 Å². The number of ether oxygens (including phenoxy) is 2. The summed E-state index contributed by atoms with van der Waals surface area (Å²) in [7, 11) is 0. The zero-order chi connectivity index (χ0) is 17.1. The Morgan fingerprint density at radius 1 is 1.42 bits per heavy atom. The molecule has 0 aliphatic carbocycles. The molecule has 2 aromatic rings. The molecule has 0 fully saturated rings. The molecular weight excluding hydrogens is 403 g/mol. The van der Waals surface area contributed by atoms with E-state index < -0.39 is 0 Å². The van der Waals surface area contributed by atoms with Crippen LogP contribution in [0.15, 0.2) is 28.9 Å². The standard InChI is InChI=1S/C16H13BrClFN2O3/c17-11-5-13(15(18)21-6-11)16(22)20-2-1-9-3-12(19)4-10-7-23-8-24-14(9)10/h3-6H,1-2,7-8H2,(H,20,22). The van der Waals surface area contributed by atoms with E-state index in [1.807, 2.05) is 0 Å². The number of pyridine rings is 1. The molecule has 126 valence electrons. The first-order chi connectivity index (χ1) is 11.5. The second-order valence-corrected chi connectivity index (χ2v) is 6.44. The Hall–Kier alpha value is -1.70. The predicted molar refractivity (Wildman–Crippen MR) is 89.7 cm³/mol. The lowest BCUT2D eigenvalue weighted by Gasteiger charge is -2.21. The molecule has 8 heteroatoms. The van der Waals surface area contributed by atoms with E-state index in [2.05, 4.69) is 26.2 Å². The van der Waals surface area contributed by atoms with Crippen LogP contribution in [-0.4, -0.2) is 24.2 Å². The van der Waals surface area contributed by atoms with Crippen LogP contribution < -0.4 is 10.1 Å². The number of carbonyl (C=O) groups is 1. The van der Waals surface area contributed by atoms with Crippen LogP contribution in [0.3, 0.4) is 0 Å². The number of aromatic nitrogens is 1. The molecule has 5 nitrogen and oxygen atoms in total. The molecule has 1 aromatic carbocycles. The molecule has 1 aromatic heterocycles. The number of hydrogen-bond donors (Lipinski definition) is 1. The Kier molecular flexibility index (Phi) is 5.33. The summed E-state index contributed by atoms with van der Waals surface area (Å²) >= 11 is 9.17. The number of benzene rings is 1. The van der Waals surface area contributed by atoms with E-state index >= 15 is 0 Å². The third-order valence-electron chi connectivity index (χ3n) is 3.48. The number of amides is 1. The summed E-state index contributed by atoms with van der Waals surface area (Å²) in [6.07, 6.45) is 1.93. The number of carbonyl (C=O) groups excluding carboxylic acids is 1. The lowest BCUT2D eigenvalue weighted by atomic mass is 10.1. The highest BCUT2D eigenvalue weighted by Gasteiger charge is 2.17. The molecule has 0 radical (unpaired) electrons. The van der Waals surface area contributed by atoms with Crippen molar-refractivity contribution in [2.75, 3.05) is 13.3 Å². The van der Waals surface area contributed by atoms with Crippen molar-refractivity contribution in [3.8, 4) is 5.75 Å². The van der Waals surface area contributed by atoms with Crippen LogP contribution in [0.2, 0.25) is 5.15 Å². The van der Waals surface area contributed by atoms with Gasteiger partial charge in [0.2, 0.25) is 0 Å². The minimum atomic E-state index is -0.358. The molecular formula is C16H13BrClFN2O3. The maximum absolute atomic E-state index is 13.7. The van der Waals surface area contributed by atoms with Crippen molar-refractivity contribution in [1.82, 2.24) is 10.3 Å². The normalized spacial score (nSPS) is 13.1. The summed E-state index contributed by atoms with van der Waals surface area (Å²) in [5, 5.41) is 2.87. The topological polar surface area (TPSA) is 60.5 Å². The van der Waals surface area contributed by atoms with Gasteiger partial charge in [0.15, 0.2) is 6.79 Å². The number of nitrogens with zero attached hydrogens (tertiary/aromatic N) is 1. The van der Waals surface area contributed by atoms with Gasteiger partial charge in [0, 0.05) is 22.8 Å². The van der Waals surface area contributed by atoms with E-state index in [-0.39, 0.29) is 29.2 Å². The van der Waals surface area contributed by atoms with Gasteiger partial charge in [-0.25, -0.2) is 9.37 Å². The van der Waals surface area contributed by atoms with Gasteiger partial charge < -0.3 is 14.8 Å². The smallest absolute Gasteiger partial charge is 0.254 e. The fourth-order valence-corrected chi connectivity index (χ4v) is 2.95. The van der Waals surface area contributed by atoms with Crippen LogP contribution in [0, 0.1) is 5.82 Å². The van der Waals surface area contributed by atoms with E-state index in [1.54, 1.807) is 6.07 Å². The SMILES string of the molecule is O=C(NCCc1cc(F)cc2c1OCOC2)c1cc(Br)cnc1Cl. The molecule has 1 aliphatic rings. The van der Waals surface area contributed by atoms with Gasteiger partial charge in [0.25, 0.3) is 5.91 Å². The first-order valence-corrected chi connectivity index (χ1v) is 8.33. The second kappa shape index (κ2) is 7.46. The molecule has 2 heterocycles. The highest BCUT2D eigenvalue weighted by atomic mass is 79.9. The number of nitrogens with one attached hydrogen (secondary N) is 1. The third-order valence-corrected chi connectivity index (χ3v) is 4.22. The summed E-state index contributed by atoms with van der Waals surface area (Å²) in [5.74, 6) is -0.0780. The fraction of sp³-hybridized carbons (Fsp3) is 0.250. The lowest BCUT2D eigenvalue weighted by molar-refractivity contribution is -0.0172. The summed E-state index contributed by atoms with van der Waals surface area (Å²) in [6.45, 7) is 0.755. The largest absolute Gasteiger partial charge is 0.467 e. The molecule has 1 N–H and O–H groups in total. The van der Waals surface area contributed by atoms with Gasteiger partial charge in [0.1, 0.15) is 16.7 Å². The van der Waals surface area contributed by atoms with Gasteiger partial charge in [-0.2, -0.15) is 0 Å². The monoisotopic (exact) mass is 414 g/mol. The zero-order valence-corrected chi connectivity index (χ0v) is 14.8. The summed E-state index contributed by atoms with van der Waals surface area (Å²) in [5.41, 5.74) is 1.63. The Labute approximate surface area is 151 Å². The van der Waals surface area contributed by atoms with Gasteiger partial charge in [-0.3, -0.25) is 4.79 Å². The molecule has 3 rings (SSSR count). The van der Waals surface area contributed by atoms with Crippen LogP contribution >= 0.6 is 27.5 Å². The van der Waals surface area contributed by atoms with E-state index in [0.717, 1.165) is 0 Å².